The summed E-state index contributed by atoms with van der Waals surface area (Å²) < 4.78 is 15.8. The van der Waals surface area contributed by atoms with E-state index >= 15 is 0 Å². The fourth-order valence-corrected chi connectivity index (χ4v) is 1.87. The summed E-state index contributed by atoms with van der Waals surface area (Å²) in [5, 5.41) is 13.0. The summed E-state index contributed by atoms with van der Waals surface area (Å²) in [5.41, 5.74) is 0.540. The smallest absolute Gasteiger partial charge is 0.338 e. The minimum absolute atomic E-state index is 0.266. The zero-order chi connectivity index (χ0) is 13.8. The van der Waals surface area contributed by atoms with Crippen LogP contribution in [0.25, 0.3) is 11.1 Å². The van der Waals surface area contributed by atoms with Gasteiger partial charge in [0.25, 0.3) is 0 Å². The molecule has 0 saturated carbocycles. The Balaban J connectivity index is 2.34. The lowest BCUT2D eigenvalue weighted by Crippen LogP contribution is -2.01. The lowest BCUT2D eigenvalue weighted by molar-refractivity contribution is 0.0692. The monoisotopic (exact) mass is 262 g/mol. The normalized spacial score (nSPS) is 10.6. The van der Waals surface area contributed by atoms with Crippen LogP contribution in [-0.4, -0.2) is 20.9 Å². The van der Waals surface area contributed by atoms with E-state index in [0.717, 1.165) is 19.4 Å². The average Bonchev–Trinajstić information content (AvgIpc) is 2.84. The van der Waals surface area contributed by atoms with E-state index in [1.165, 1.54) is 12.1 Å². The molecule has 0 aliphatic heterocycles. The molecule has 1 N–H and O–H groups in total. The van der Waals surface area contributed by atoms with E-state index in [2.05, 4.69) is 12.0 Å². The molecule has 1 heterocycles. The van der Waals surface area contributed by atoms with Crippen molar-refractivity contribution in [2.45, 2.75) is 26.3 Å². The van der Waals surface area contributed by atoms with Gasteiger partial charge in [0, 0.05) is 23.9 Å². The highest BCUT2D eigenvalue weighted by atomic mass is 19.1. The lowest BCUT2D eigenvalue weighted by atomic mass is 10.1. The van der Waals surface area contributed by atoms with Gasteiger partial charge in [-0.3, -0.25) is 4.68 Å². The van der Waals surface area contributed by atoms with Crippen LogP contribution in [0.2, 0.25) is 0 Å². The highest BCUT2D eigenvalue weighted by molar-refractivity contribution is 5.89. The molecular formula is C14H15FN2O2. The first kappa shape index (κ1) is 13.3. The summed E-state index contributed by atoms with van der Waals surface area (Å²) in [7, 11) is 0. The molecule has 100 valence electrons. The Morgan fingerprint density at radius 3 is 2.95 bits per heavy atom. The molecule has 0 atom stereocenters. The Morgan fingerprint density at radius 2 is 2.26 bits per heavy atom. The third kappa shape index (κ3) is 2.81. The van der Waals surface area contributed by atoms with E-state index in [4.69, 9.17) is 5.11 Å². The number of aromatic carboxylic acids is 1. The molecule has 4 nitrogen and oxygen atoms in total. The van der Waals surface area contributed by atoms with Crippen molar-refractivity contribution in [1.82, 2.24) is 9.78 Å². The van der Waals surface area contributed by atoms with Gasteiger partial charge in [0.15, 0.2) is 0 Å². The Kier molecular flexibility index (Phi) is 3.94. The quantitative estimate of drug-likeness (QED) is 0.900. The fourth-order valence-electron chi connectivity index (χ4n) is 1.87. The van der Waals surface area contributed by atoms with Crippen molar-refractivity contribution >= 4 is 5.97 Å². The van der Waals surface area contributed by atoms with Crippen molar-refractivity contribution in [3.05, 3.63) is 42.0 Å². The molecule has 0 saturated heterocycles. The minimum Gasteiger partial charge on any atom is -0.478 e. The molecule has 1 aromatic carbocycles. The van der Waals surface area contributed by atoms with Crippen LogP contribution in [-0.2, 0) is 6.54 Å². The number of carbonyl (C=O) groups is 1. The predicted octanol–water partition coefficient (Wildman–Crippen LogP) is 3.19. The molecule has 5 heteroatoms. The van der Waals surface area contributed by atoms with Crippen LogP contribution in [0.3, 0.4) is 0 Å². The Hall–Kier alpha value is -2.17. The highest BCUT2D eigenvalue weighted by Crippen LogP contribution is 2.24. The molecule has 0 spiro atoms. The summed E-state index contributed by atoms with van der Waals surface area (Å²) in [5.74, 6) is -1.98. The number of carboxylic acids is 1. The van der Waals surface area contributed by atoms with E-state index in [1.807, 2.05) is 0 Å². The number of aryl methyl sites for hydroxylation is 1. The van der Waals surface area contributed by atoms with Crippen LogP contribution in [0.15, 0.2) is 30.6 Å². The third-order valence-electron chi connectivity index (χ3n) is 2.91. The van der Waals surface area contributed by atoms with Gasteiger partial charge in [-0.15, -0.1) is 0 Å². The average molecular weight is 262 g/mol. The van der Waals surface area contributed by atoms with Gasteiger partial charge in [0.05, 0.1) is 11.8 Å². The number of hydrogen-bond acceptors (Lipinski definition) is 2. The number of carboxylic acid groups (broad SMARTS) is 1. The van der Waals surface area contributed by atoms with E-state index in [9.17, 15) is 9.18 Å². The predicted molar refractivity (Wildman–Crippen MR) is 69.5 cm³/mol. The summed E-state index contributed by atoms with van der Waals surface area (Å²) >= 11 is 0. The van der Waals surface area contributed by atoms with Crippen LogP contribution < -0.4 is 0 Å². The topological polar surface area (TPSA) is 55.1 Å². The molecule has 0 amide bonds. The molecule has 0 aliphatic carbocycles. The second kappa shape index (κ2) is 5.65. The Morgan fingerprint density at radius 1 is 1.47 bits per heavy atom. The summed E-state index contributed by atoms with van der Waals surface area (Å²) in [6.45, 7) is 2.86. The Labute approximate surface area is 110 Å². The maximum absolute atomic E-state index is 14.1. The highest BCUT2D eigenvalue weighted by Gasteiger charge is 2.15. The van der Waals surface area contributed by atoms with Gasteiger partial charge in [0.1, 0.15) is 5.82 Å². The van der Waals surface area contributed by atoms with Gasteiger partial charge < -0.3 is 5.11 Å². The molecular weight excluding hydrogens is 247 g/mol. The SMILES string of the molecule is CCCCn1cc(-c2cccc(C(=O)O)c2F)cn1. The fraction of sp³-hybridized carbons (Fsp3) is 0.286. The number of unbranched alkanes of at least 4 members (excludes halogenated alkanes) is 1. The van der Waals surface area contributed by atoms with Crippen molar-refractivity contribution in [2.24, 2.45) is 0 Å². The summed E-state index contributed by atoms with van der Waals surface area (Å²) in [6.07, 6.45) is 5.34. The standard InChI is InChI=1S/C14H15FN2O2/c1-2-3-7-17-9-10(8-16-17)11-5-4-6-12(13(11)15)14(18)19/h4-6,8-9H,2-3,7H2,1H3,(H,18,19). The molecule has 0 radical (unpaired) electrons. The summed E-state index contributed by atoms with van der Waals surface area (Å²) in [6, 6.07) is 4.34. The second-order valence-electron chi connectivity index (χ2n) is 4.32. The van der Waals surface area contributed by atoms with Crippen LogP contribution in [0, 0.1) is 5.82 Å². The largest absolute Gasteiger partial charge is 0.478 e. The number of hydrogen-bond donors (Lipinski definition) is 1. The van der Waals surface area contributed by atoms with Crippen LogP contribution in [0.5, 0.6) is 0 Å². The number of halogens is 1. The van der Waals surface area contributed by atoms with Gasteiger partial charge >= 0.3 is 5.97 Å². The first-order valence-corrected chi connectivity index (χ1v) is 6.18. The van der Waals surface area contributed by atoms with Crippen LogP contribution >= 0.6 is 0 Å². The second-order valence-corrected chi connectivity index (χ2v) is 4.32. The molecule has 1 aromatic heterocycles. The van der Waals surface area contributed by atoms with Gasteiger partial charge in [-0.1, -0.05) is 25.5 Å². The van der Waals surface area contributed by atoms with Gasteiger partial charge in [0.2, 0.25) is 0 Å². The van der Waals surface area contributed by atoms with Crippen molar-refractivity contribution < 1.29 is 14.3 Å². The van der Waals surface area contributed by atoms with Gasteiger partial charge in [-0.05, 0) is 12.5 Å². The van der Waals surface area contributed by atoms with Crippen molar-refractivity contribution in [1.29, 1.82) is 0 Å². The number of nitrogens with zero attached hydrogens (tertiary/aromatic N) is 2. The molecule has 0 aliphatic rings. The van der Waals surface area contributed by atoms with E-state index < -0.39 is 11.8 Å². The first-order chi connectivity index (χ1) is 9.13. The van der Waals surface area contributed by atoms with Crippen LogP contribution in [0.1, 0.15) is 30.1 Å². The number of rotatable bonds is 5. The maximum Gasteiger partial charge on any atom is 0.338 e. The van der Waals surface area contributed by atoms with E-state index in [-0.39, 0.29) is 11.1 Å². The zero-order valence-electron chi connectivity index (χ0n) is 10.6. The van der Waals surface area contributed by atoms with Crippen molar-refractivity contribution in [3.8, 4) is 11.1 Å². The van der Waals surface area contributed by atoms with Crippen LogP contribution in [0.4, 0.5) is 4.39 Å². The van der Waals surface area contributed by atoms with Crippen molar-refractivity contribution in [3.63, 3.8) is 0 Å². The summed E-state index contributed by atoms with van der Waals surface area (Å²) in [4.78, 5) is 10.9. The van der Waals surface area contributed by atoms with Gasteiger partial charge in [-0.25, -0.2) is 9.18 Å². The van der Waals surface area contributed by atoms with Gasteiger partial charge in [-0.2, -0.15) is 5.10 Å². The maximum atomic E-state index is 14.1. The molecule has 2 rings (SSSR count). The number of aromatic nitrogens is 2. The van der Waals surface area contributed by atoms with E-state index in [0.29, 0.717) is 5.56 Å². The molecule has 0 bridgehead atoms. The molecule has 0 fully saturated rings. The minimum atomic E-state index is -1.27. The first-order valence-electron chi connectivity index (χ1n) is 6.18. The lowest BCUT2D eigenvalue weighted by Gasteiger charge is -2.03. The van der Waals surface area contributed by atoms with E-state index in [1.54, 1.807) is 23.1 Å². The molecule has 2 aromatic rings. The third-order valence-corrected chi connectivity index (χ3v) is 2.91. The zero-order valence-corrected chi connectivity index (χ0v) is 10.6. The Bertz CT molecular complexity index is 593. The number of benzene rings is 1. The molecule has 0 unspecified atom stereocenters. The van der Waals surface area contributed by atoms with Crippen molar-refractivity contribution in [2.75, 3.05) is 0 Å². The molecule has 19 heavy (non-hydrogen) atoms.